The molecule has 104 valence electrons. The fraction of sp³-hybridized carbons (Fsp3) is 0.143. The molecule has 0 aliphatic rings. The maximum absolute atomic E-state index is 8.79. The van der Waals surface area contributed by atoms with E-state index in [1.807, 2.05) is 0 Å². The minimum Gasteiger partial charge on any atom is -0.399 e. The van der Waals surface area contributed by atoms with Gasteiger partial charge in [-0.2, -0.15) is 0 Å². The van der Waals surface area contributed by atoms with Crippen LogP contribution < -0.4 is 16.8 Å². The van der Waals surface area contributed by atoms with Crippen LogP contribution >= 0.6 is 0 Å². The fourth-order valence-corrected chi connectivity index (χ4v) is 1.81. The van der Waals surface area contributed by atoms with Gasteiger partial charge in [0.1, 0.15) is 5.82 Å². The summed E-state index contributed by atoms with van der Waals surface area (Å²) in [4.78, 5) is 4.12. The van der Waals surface area contributed by atoms with Crippen LogP contribution in [0.4, 0.5) is 17.2 Å². The maximum Gasteiger partial charge on any atom is 0.126 e. The molecule has 2 rings (SSSR count). The van der Waals surface area contributed by atoms with Gasteiger partial charge in [0.05, 0.1) is 12.3 Å². The quantitative estimate of drug-likeness (QED) is 0.411. The summed E-state index contributed by atoms with van der Waals surface area (Å²) in [6.07, 6.45) is 1.60. The van der Waals surface area contributed by atoms with Crippen molar-refractivity contribution in [2.45, 2.75) is 0 Å². The number of aromatic nitrogens is 1. The Hall–Kier alpha value is -2.60. The summed E-state index contributed by atoms with van der Waals surface area (Å²) in [5.74, 6) is 0.601. The van der Waals surface area contributed by atoms with Crippen molar-refractivity contribution in [2.75, 3.05) is 29.9 Å². The van der Waals surface area contributed by atoms with Gasteiger partial charge < -0.3 is 21.9 Å². The molecule has 0 saturated heterocycles. The zero-order valence-corrected chi connectivity index (χ0v) is 10.9. The number of anilines is 3. The van der Waals surface area contributed by atoms with Crippen LogP contribution in [0.25, 0.3) is 0 Å². The molecule has 0 bridgehead atoms. The van der Waals surface area contributed by atoms with Crippen LogP contribution in [-0.2, 0) is 0 Å². The van der Waals surface area contributed by atoms with E-state index in [-0.39, 0.29) is 12.3 Å². The van der Waals surface area contributed by atoms with E-state index in [2.05, 4.69) is 10.3 Å². The second-order valence-electron chi connectivity index (χ2n) is 4.30. The van der Waals surface area contributed by atoms with E-state index < -0.39 is 0 Å². The van der Waals surface area contributed by atoms with Gasteiger partial charge in [0.25, 0.3) is 0 Å². The lowest BCUT2D eigenvalue weighted by molar-refractivity contribution is 0.311. The first-order valence-corrected chi connectivity index (χ1v) is 6.17. The molecule has 7 N–H and O–H groups in total. The van der Waals surface area contributed by atoms with Gasteiger partial charge in [0.15, 0.2) is 0 Å². The van der Waals surface area contributed by atoms with Crippen molar-refractivity contribution in [1.82, 2.24) is 4.98 Å². The predicted octanol–water partition coefficient (Wildman–Crippen LogP) is 1.07. The van der Waals surface area contributed by atoms with Gasteiger partial charge in [-0.15, -0.1) is 0 Å². The number of hydrogen-bond acceptors (Lipinski definition) is 6. The average Bonchev–Trinajstić information content (AvgIpc) is 2.47. The Labute approximate surface area is 117 Å². The van der Waals surface area contributed by atoms with E-state index in [4.69, 9.17) is 22.0 Å². The lowest BCUT2D eigenvalue weighted by atomic mass is 10.0. The minimum atomic E-state index is 0.0194. The number of nitrogens with zero attached hydrogens (tertiary/aromatic N) is 1. The molecule has 2 aromatic rings. The average molecular weight is 271 g/mol. The molecule has 6 heteroatoms. The van der Waals surface area contributed by atoms with E-state index >= 15 is 0 Å². The molecule has 1 aromatic carbocycles. The summed E-state index contributed by atoms with van der Waals surface area (Å²) >= 11 is 0. The number of aliphatic hydroxyl groups excluding tert-OH is 1. The van der Waals surface area contributed by atoms with Crippen LogP contribution in [-0.4, -0.2) is 29.0 Å². The van der Waals surface area contributed by atoms with Gasteiger partial charge in [-0.25, -0.2) is 4.98 Å². The highest BCUT2D eigenvalue weighted by Gasteiger charge is 2.10. The summed E-state index contributed by atoms with van der Waals surface area (Å²) in [6.45, 7) is 0.426. The van der Waals surface area contributed by atoms with Gasteiger partial charge in [0, 0.05) is 35.2 Å². The van der Waals surface area contributed by atoms with Crippen molar-refractivity contribution >= 4 is 22.9 Å². The molecule has 20 heavy (non-hydrogen) atoms. The first-order valence-electron chi connectivity index (χ1n) is 6.17. The fourth-order valence-electron chi connectivity index (χ4n) is 1.81. The minimum absolute atomic E-state index is 0.0194. The number of aliphatic hydroxyl groups is 1. The molecule has 0 aliphatic heterocycles. The number of hydrogen-bond donors (Lipinski definition) is 5. The van der Waals surface area contributed by atoms with Crippen LogP contribution in [0.1, 0.15) is 11.1 Å². The van der Waals surface area contributed by atoms with Crippen molar-refractivity contribution < 1.29 is 5.11 Å². The Balaban J connectivity index is 2.31. The highest BCUT2D eigenvalue weighted by molar-refractivity contribution is 6.14. The Morgan fingerprint density at radius 2 is 2.05 bits per heavy atom. The Morgan fingerprint density at radius 3 is 2.80 bits per heavy atom. The van der Waals surface area contributed by atoms with Crippen LogP contribution in [0.5, 0.6) is 0 Å². The summed E-state index contributed by atoms with van der Waals surface area (Å²) in [6, 6.07) is 8.53. The normalized spacial score (nSPS) is 10.2. The van der Waals surface area contributed by atoms with Crippen molar-refractivity contribution in [2.24, 2.45) is 0 Å². The highest BCUT2D eigenvalue weighted by Crippen LogP contribution is 2.20. The molecule has 0 spiro atoms. The van der Waals surface area contributed by atoms with Gasteiger partial charge in [-0.1, -0.05) is 0 Å². The molecule has 0 amide bonds. The number of nitrogen functional groups attached to an aromatic ring is 2. The molecular formula is C14H17N5O. The summed E-state index contributed by atoms with van der Waals surface area (Å²) in [5.41, 5.74) is 14.2. The molecule has 6 nitrogen and oxygen atoms in total. The van der Waals surface area contributed by atoms with E-state index in [9.17, 15) is 0 Å². The Bertz CT molecular complexity index is 627. The first kappa shape index (κ1) is 13.8. The molecule has 0 aliphatic carbocycles. The molecule has 0 fully saturated rings. The smallest absolute Gasteiger partial charge is 0.126 e. The summed E-state index contributed by atoms with van der Waals surface area (Å²) in [5, 5.41) is 20.0. The largest absolute Gasteiger partial charge is 0.399 e. The topological polar surface area (TPSA) is 121 Å². The van der Waals surface area contributed by atoms with Gasteiger partial charge in [-0.3, -0.25) is 5.41 Å². The Morgan fingerprint density at radius 1 is 1.25 bits per heavy atom. The highest BCUT2D eigenvalue weighted by atomic mass is 16.3. The van der Waals surface area contributed by atoms with Gasteiger partial charge >= 0.3 is 0 Å². The number of pyridine rings is 1. The van der Waals surface area contributed by atoms with E-state index in [0.717, 1.165) is 0 Å². The van der Waals surface area contributed by atoms with Crippen molar-refractivity contribution in [1.29, 1.82) is 5.41 Å². The van der Waals surface area contributed by atoms with E-state index in [1.54, 1.807) is 36.5 Å². The summed E-state index contributed by atoms with van der Waals surface area (Å²) < 4.78 is 0. The molecule has 1 aromatic heterocycles. The zero-order chi connectivity index (χ0) is 14.5. The van der Waals surface area contributed by atoms with Gasteiger partial charge in [0.2, 0.25) is 0 Å². The van der Waals surface area contributed by atoms with Crippen LogP contribution in [0.3, 0.4) is 0 Å². The summed E-state index contributed by atoms with van der Waals surface area (Å²) in [7, 11) is 0. The monoisotopic (exact) mass is 271 g/mol. The third kappa shape index (κ3) is 3.04. The van der Waals surface area contributed by atoms with Crippen LogP contribution in [0.15, 0.2) is 36.5 Å². The zero-order valence-electron chi connectivity index (χ0n) is 10.9. The second kappa shape index (κ2) is 6.03. The lowest BCUT2D eigenvalue weighted by Gasteiger charge is -2.10. The van der Waals surface area contributed by atoms with Gasteiger partial charge in [-0.05, 0) is 30.3 Å². The predicted molar refractivity (Wildman–Crippen MR) is 81.0 cm³/mol. The van der Waals surface area contributed by atoms with E-state index in [0.29, 0.717) is 34.9 Å². The second-order valence-corrected chi connectivity index (χ2v) is 4.30. The number of rotatable bonds is 5. The van der Waals surface area contributed by atoms with Crippen molar-refractivity contribution in [3.8, 4) is 0 Å². The number of nitrogens with two attached hydrogens (primary N) is 2. The SMILES string of the molecule is N=C(c1ccnc(NCCO)c1)c1cc(N)ccc1N. The standard InChI is InChI=1S/C14H17N5O/c15-10-1-2-12(16)11(8-10)14(17)9-3-4-18-13(7-9)19-5-6-20/h1-4,7-8,17,20H,5-6,15-16H2,(H,18,19). The number of benzene rings is 1. The number of nitrogens with one attached hydrogen (secondary N) is 2. The lowest BCUT2D eigenvalue weighted by Crippen LogP contribution is -2.10. The third-order valence-electron chi connectivity index (χ3n) is 2.81. The molecule has 1 heterocycles. The van der Waals surface area contributed by atoms with Crippen molar-refractivity contribution in [3.05, 3.63) is 47.7 Å². The molecular weight excluding hydrogens is 254 g/mol. The maximum atomic E-state index is 8.79. The third-order valence-corrected chi connectivity index (χ3v) is 2.81. The first-order chi connectivity index (χ1) is 9.61. The van der Waals surface area contributed by atoms with Crippen LogP contribution in [0.2, 0.25) is 0 Å². The molecule has 0 radical (unpaired) electrons. The molecule has 0 unspecified atom stereocenters. The Kier molecular flexibility index (Phi) is 4.17. The van der Waals surface area contributed by atoms with Crippen molar-refractivity contribution in [3.63, 3.8) is 0 Å². The van der Waals surface area contributed by atoms with Crippen LogP contribution in [0, 0.1) is 5.41 Å². The van der Waals surface area contributed by atoms with E-state index in [1.165, 1.54) is 0 Å². The molecule has 0 saturated carbocycles. The molecule has 0 atom stereocenters.